The molecule has 0 saturated heterocycles. The molecule has 0 saturated carbocycles. The van der Waals surface area contributed by atoms with Crippen molar-refractivity contribution in [1.29, 1.82) is 0 Å². The number of para-hydroxylation sites is 1. The van der Waals surface area contributed by atoms with E-state index in [0.717, 1.165) is 32.1 Å². The number of nitro groups is 1. The number of aromatic nitrogens is 2. The zero-order valence-corrected chi connectivity index (χ0v) is 14.5. The second-order valence-electron chi connectivity index (χ2n) is 5.67. The molecule has 0 bridgehead atoms. The van der Waals surface area contributed by atoms with Crippen molar-refractivity contribution in [2.75, 3.05) is 23.7 Å². The summed E-state index contributed by atoms with van der Waals surface area (Å²) in [6.45, 7) is 1.35. The Balaban J connectivity index is 1.36. The van der Waals surface area contributed by atoms with E-state index in [4.69, 9.17) is 0 Å². The lowest BCUT2D eigenvalue weighted by atomic mass is 10.2. The van der Waals surface area contributed by atoms with Crippen LogP contribution in [-0.4, -0.2) is 28.0 Å². The Morgan fingerprint density at radius 3 is 2.69 bits per heavy atom. The molecule has 8 heteroatoms. The van der Waals surface area contributed by atoms with Crippen LogP contribution in [0.5, 0.6) is 0 Å². The first kappa shape index (κ1) is 16.2. The lowest BCUT2D eigenvalue weighted by Crippen LogP contribution is -2.14. The molecule has 0 spiro atoms. The summed E-state index contributed by atoms with van der Waals surface area (Å²) in [6, 6.07) is 16.7. The maximum absolute atomic E-state index is 10.8. The van der Waals surface area contributed by atoms with Crippen LogP contribution in [0, 0.1) is 10.1 Å². The minimum Gasteiger partial charge on any atom is -0.368 e. The van der Waals surface area contributed by atoms with Crippen molar-refractivity contribution in [3.8, 4) is 0 Å². The molecule has 4 rings (SSSR count). The standard InChI is InChI=1S/C18H15N5O2S/c24-23(25)13-6-7-15-16(11-13)26-18(22-15)20-10-9-19-17-8-5-12-3-1-2-4-14(12)21-17/h1-8,11H,9-10H2,(H,19,21)(H,20,22). The second-order valence-corrected chi connectivity index (χ2v) is 6.70. The molecule has 0 amide bonds. The molecule has 0 aliphatic rings. The molecule has 0 radical (unpaired) electrons. The molecule has 2 aromatic heterocycles. The summed E-state index contributed by atoms with van der Waals surface area (Å²) < 4.78 is 0.797. The molecular formula is C18H15N5O2S. The highest BCUT2D eigenvalue weighted by Gasteiger charge is 2.10. The van der Waals surface area contributed by atoms with E-state index in [-0.39, 0.29) is 5.69 Å². The molecule has 0 aliphatic heterocycles. The van der Waals surface area contributed by atoms with E-state index in [2.05, 4.69) is 20.6 Å². The third-order valence-corrected chi connectivity index (χ3v) is 4.86. The van der Waals surface area contributed by atoms with Crippen molar-refractivity contribution >= 4 is 49.1 Å². The molecule has 0 atom stereocenters. The van der Waals surface area contributed by atoms with Gasteiger partial charge in [-0.25, -0.2) is 9.97 Å². The Hall–Kier alpha value is -3.26. The number of rotatable bonds is 6. The van der Waals surface area contributed by atoms with Crippen LogP contribution in [0.1, 0.15) is 0 Å². The van der Waals surface area contributed by atoms with E-state index in [1.54, 1.807) is 12.1 Å². The average Bonchev–Trinajstić information content (AvgIpc) is 3.07. The number of anilines is 2. The highest BCUT2D eigenvalue weighted by molar-refractivity contribution is 7.22. The van der Waals surface area contributed by atoms with Gasteiger partial charge in [-0.05, 0) is 24.3 Å². The number of hydrogen-bond donors (Lipinski definition) is 2. The second kappa shape index (κ2) is 6.93. The van der Waals surface area contributed by atoms with Gasteiger partial charge >= 0.3 is 0 Å². The van der Waals surface area contributed by atoms with E-state index in [1.165, 1.54) is 17.4 Å². The Kier molecular flexibility index (Phi) is 4.32. The van der Waals surface area contributed by atoms with Crippen molar-refractivity contribution in [3.63, 3.8) is 0 Å². The zero-order chi connectivity index (χ0) is 17.9. The van der Waals surface area contributed by atoms with Gasteiger partial charge in [-0.3, -0.25) is 10.1 Å². The Labute approximate surface area is 152 Å². The molecule has 0 fully saturated rings. The molecule has 4 aromatic rings. The summed E-state index contributed by atoms with van der Waals surface area (Å²) in [7, 11) is 0. The summed E-state index contributed by atoms with van der Waals surface area (Å²) in [5.41, 5.74) is 1.79. The van der Waals surface area contributed by atoms with Crippen molar-refractivity contribution in [1.82, 2.24) is 9.97 Å². The Morgan fingerprint density at radius 2 is 1.81 bits per heavy atom. The van der Waals surface area contributed by atoms with Crippen LogP contribution in [0.25, 0.3) is 21.1 Å². The Morgan fingerprint density at radius 1 is 0.962 bits per heavy atom. The number of thiazole rings is 1. The molecule has 2 N–H and O–H groups in total. The van der Waals surface area contributed by atoms with Crippen LogP contribution < -0.4 is 10.6 Å². The molecule has 2 heterocycles. The zero-order valence-electron chi connectivity index (χ0n) is 13.7. The SMILES string of the molecule is O=[N+]([O-])c1ccc2nc(NCCNc3ccc4ccccc4n3)sc2c1. The van der Waals surface area contributed by atoms with E-state index in [0.29, 0.717) is 13.1 Å². The van der Waals surface area contributed by atoms with Gasteiger partial charge in [0.2, 0.25) is 0 Å². The summed E-state index contributed by atoms with van der Waals surface area (Å²) >= 11 is 1.41. The molecule has 0 aliphatic carbocycles. The van der Waals surface area contributed by atoms with Crippen molar-refractivity contribution in [2.45, 2.75) is 0 Å². The molecular weight excluding hydrogens is 350 g/mol. The third-order valence-electron chi connectivity index (χ3n) is 3.89. The summed E-state index contributed by atoms with van der Waals surface area (Å²) in [6.07, 6.45) is 0. The average molecular weight is 365 g/mol. The number of hydrogen-bond acceptors (Lipinski definition) is 7. The smallest absolute Gasteiger partial charge is 0.270 e. The van der Waals surface area contributed by atoms with Crippen LogP contribution in [0.3, 0.4) is 0 Å². The third kappa shape index (κ3) is 3.40. The van der Waals surface area contributed by atoms with Crippen LogP contribution in [0.2, 0.25) is 0 Å². The predicted octanol–water partition coefficient (Wildman–Crippen LogP) is 4.28. The highest BCUT2D eigenvalue weighted by atomic mass is 32.1. The van der Waals surface area contributed by atoms with E-state index in [9.17, 15) is 10.1 Å². The lowest BCUT2D eigenvalue weighted by molar-refractivity contribution is -0.384. The van der Waals surface area contributed by atoms with Crippen LogP contribution >= 0.6 is 11.3 Å². The monoisotopic (exact) mass is 365 g/mol. The quantitative estimate of drug-likeness (QED) is 0.301. The van der Waals surface area contributed by atoms with Crippen molar-refractivity contribution in [3.05, 3.63) is 64.7 Å². The molecule has 26 heavy (non-hydrogen) atoms. The number of fused-ring (bicyclic) bond motifs is 2. The van der Waals surface area contributed by atoms with E-state index in [1.807, 2.05) is 36.4 Å². The van der Waals surface area contributed by atoms with E-state index >= 15 is 0 Å². The first-order chi connectivity index (χ1) is 12.7. The first-order valence-corrected chi connectivity index (χ1v) is 8.89. The van der Waals surface area contributed by atoms with Gasteiger partial charge in [-0.1, -0.05) is 29.5 Å². The maximum atomic E-state index is 10.8. The van der Waals surface area contributed by atoms with E-state index < -0.39 is 4.92 Å². The minimum atomic E-state index is -0.396. The summed E-state index contributed by atoms with van der Waals surface area (Å²) in [5, 5.41) is 19.2. The minimum absolute atomic E-state index is 0.0803. The van der Waals surface area contributed by atoms with Crippen molar-refractivity contribution in [2.24, 2.45) is 0 Å². The van der Waals surface area contributed by atoms with Crippen LogP contribution in [0.4, 0.5) is 16.6 Å². The fourth-order valence-electron chi connectivity index (χ4n) is 2.63. The number of non-ortho nitro benzene ring substituents is 1. The van der Waals surface area contributed by atoms with Gasteiger partial charge in [-0.2, -0.15) is 0 Å². The van der Waals surface area contributed by atoms with Gasteiger partial charge in [0.05, 0.1) is 20.7 Å². The van der Waals surface area contributed by atoms with Crippen molar-refractivity contribution < 1.29 is 4.92 Å². The first-order valence-electron chi connectivity index (χ1n) is 8.07. The summed E-state index contributed by atoms with van der Waals surface area (Å²) in [4.78, 5) is 19.4. The maximum Gasteiger partial charge on any atom is 0.270 e. The Bertz CT molecular complexity index is 1100. The van der Waals surface area contributed by atoms with Gasteiger partial charge in [0.15, 0.2) is 5.13 Å². The molecule has 2 aromatic carbocycles. The number of nitrogens with one attached hydrogen (secondary N) is 2. The van der Waals surface area contributed by atoms with Gasteiger partial charge in [0.25, 0.3) is 5.69 Å². The van der Waals surface area contributed by atoms with Crippen LogP contribution in [0.15, 0.2) is 54.6 Å². The lowest BCUT2D eigenvalue weighted by Gasteiger charge is -2.07. The van der Waals surface area contributed by atoms with Gasteiger partial charge in [0.1, 0.15) is 5.82 Å². The predicted molar refractivity (Wildman–Crippen MR) is 105 cm³/mol. The molecule has 0 unspecified atom stereocenters. The number of nitro benzene ring substituents is 1. The van der Waals surface area contributed by atoms with Crippen LogP contribution in [-0.2, 0) is 0 Å². The molecule has 7 nitrogen and oxygen atoms in total. The van der Waals surface area contributed by atoms with Gasteiger partial charge in [-0.15, -0.1) is 0 Å². The molecule has 130 valence electrons. The topological polar surface area (TPSA) is 93.0 Å². The largest absolute Gasteiger partial charge is 0.368 e. The highest BCUT2D eigenvalue weighted by Crippen LogP contribution is 2.28. The van der Waals surface area contributed by atoms with Gasteiger partial charge < -0.3 is 10.6 Å². The van der Waals surface area contributed by atoms with Gasteiger partial charge in [0, 0.05) is 30.6 Å². The normalized spacial score (nSPS) is 10.9. The summed E-state index contributed by atoms with van der Waals surface area (Å²) in [5.74, 6) is 0.824. The fraction of sp³-hybridized carbons (Fsp3) is 0.111. The number of nitrogens with zero attached hydrogens (tertiary/aromatic N) is 3. The fourth-order valence-corrected chi connectivity index (χ4v) is 3.55. The number of pyridine rings is 1. The number of benzene rings is 2.